The highest BCUT2D eigenvalue weighted by atomic mass is 19.4. The molecule has 33 heavy (non-hydrogen) atoms. The Kier molecular flexibility index (Phi) is 5.97. The van der Waals surface area contributed by atoms with Crippen LogP contribution in [-0.2, 0) is 18.3 Å². The van der Waals surface area contributed by atoms with Crippen LogP contribution in [0.15, 0.2) is 30.3 Å². The van der Waals surface area contributed by atoms with E-state index >= 15 is 0 Å². The van der Waals surface area contributed by atoms with E-state index in [1.807, 2.05) is 27.8 Å². The van der Waals surface area contributed by atoms with Gasteiger partial charge in [-0.15, -0.1) is 0 Å². The van der Waals surface area contributed by atoms with Gasteiger partial charge in [-0.1, -0.05) is 0 Å². The number of hydrogen-bond acceptors (Lipinski definition) is 3. The Morgan fingerprint density at radius 1 is 1.15 bits per heavy atom. The summed E-state index contributed by atoms with van der Waals surface area (Å²) in [5.41, 5.74) is -0.647. The average Bonchev–Trinajstić information content (AvgIpc) is 3.17. The molecule has 4 rings (SSSR count). The zero-order valence-electron chi connectivity index (χ0n) is 19.2. The summed E-state index contributed by atoms with van der Waals surface area (Å²) in [5, 5.41) is 0. The van der Waals surface area contributed by atoms with Gasteiger partial charge in [-0.05, 0) is 64.9 Å². The maximum atomic E-state index is 14.6. The van der Waals surface area contributed by atoms with Gasteiger partial charge in [-0.3, -0.25) is 9.69 Å². The molecule has 1 spiro atoms. The lowest BCUT2D eigenvalue weighted by Gasteiger charge is -2.53. The number of carbonyl (C=O) groups excluding carboxylic acids is 1. The molecule has 1 aromatic carbocycles. The van der Waals surface area contributed by atoms with Gasteiger partial charge in [0.25, 0.3) is 5.91 Å². The van der Waals surface area contributed by atoms with Gasteiger partial charge < -0.3 is 14.2 Å². The summed E-state index contributed by atoms with van der Waals surface area (Å²) in [6.07, 6.45) is -3.60. The van der Waals surface area contributed by atoms with Crippen molar-refractivity contribution >= 4 is 5.91 Å². The summed E-state index contributed by atoms with van der Waals surface area (Å²) in [7, 11) is 1.93. The lowest BCUT2D eigenvalue weighted by Crippen LogP contribution is -2.59. The lowest BCUT2D eigenvalue weighted by molar-refractivity contribution is -0.145. The molecule has 1 fully saturated rings. The molecule has 0 N–H and O–H groups in total. The molecule has 1 amide bonds. The number of aromatic nitrogens is 1. The molecule has 2 aliphatic rings. The number of amides is 1. The topological polar surface area (TPSA) is 37.7 Å². The number of halogens is 4. The van der Waals surface area contributed by atoms with E-state index < -0.39 is 29.1 Å². The number of carbonyl (C=O) groups is 1. The number of alkyl halides is 3. The van der Waals surface area contributed by atoms with Crippen LogP contribution < -0.4 is 4.74 Å². The van der Waals surface area contributed by atoms with Crippen molar-refractivity contribution in [2.24, 2.45) is 0 Å². The van der Waals surface area contributed by atoms with E-state index in [9.17, 15) is 22.4 Å². The van der Waals surface area contributed by atoms with E-state index in [1.165, 1.54) is 16.7 Å². The molecule has 9 heteroatoms. The van der Waals surface area contributed by atoms with Crippen molar-refractivity contribution in [1.29, 1.82) is 0 Å². The van der Waals surface area contributed by atoms with Gasteiger partial charge in [-0.2, -0.15) is 13.2 Å². The highest BCUT2D eigenvalue weighted by molar-refractivity contribution is 5.94. The quantitative estimate of drug-likeness (QED) is 0.603. The number of piperidine rings is 1. The van der Waals surface area contributed by atoms with Gasteiger partial charge in [0.2, 0.25) is 0 Å². The standard InChI is InChI=1S/C24H29F4N3O2/c1-15(2)33-17-5-6-18(19(25)13-17)22(32)30-11-9-23(10-12-30)20-7-8-21(24(26,27)28)31(20)14-16(3)29(23)4/h5-8,13,15-16H,9-12,14H2,1-4H3/t16-/m0/s1. The first kappa shape index (κ1) is 23.6. The van der Waals surface area contributed by atoms with Crippen molar-refractivity contribution in [2.45, 2.75) is 64.0 Å². The van der Waals surface area contributed by atoms with Crippen LogP contribution in [0.1, 0.15) is 55.4 Å². The van der Waals surface area contributed by atoms with Gasteiger partial charge in [0.1, 0.15) is 17.3 Å². The third-order valence-corrected chi connectivity index (χ3v) is 6.95. The van der Waals surface area contributed by atoms with Crippen LogP contribution in [0.25, 0.3) is 0 Å². The van der Waals surface area contributed by atoms with Crippen molar-refractivity contribution in [3.8, 4) is 5.75 Å². The van der Waals surface area contributed by atoms with Gasteiger partial charge in [-0.25, -0.2) is 4.39 Å². The first-order chi connectivity index (χ1) is 15.4. The molecule has 1 saturated heterocycles. The van der Waals surface area contributed by atoms with E-state index in [2.05, 4.69) is 4.90 Å². The first-order valence-electron chi connectivity index (χ1n) is 11.2. The molecule has 0 aliphatic carbocycles. The zero-order chi connectivity index (χ0) is 24.1. The molecule has 0 bridgehead atoms. The van der Waals surface area contributed by atoms with Crippen LogP contribution >= 0.6 is 0 Å². The molecule has 1 aromatic heterocycles. The molecule has 180 valence electrons. The molecule has 0 radical (unpaired) electrons. The van der Waals surface area contributed by atoms with E-state index in [1.54, 1.807) is 17.0 Å². The fourth-order valence-electron chi connectivity index (χ4n) is 5.18. The summed E-state index contributed by atoms with van der Waals surface area (Å²) in [6, 6.07) is 6.83. The monoisotopic (exact) mass is 467 g/mol. The van der Waals surface area contributed by atoms with E-state index in [0.29, 0.717) is 37.4 Å². The number of ether oxygens (including phenoxy) is 1. The average molecular weight is 468 g/mol. The number of rotatable bonds is 3. The molecular formula is C24H29F4N3O2. The zero-order valence-corrected chi connectivity index (χ0v) is 19.2. The number of likely N-dealkylation sites (tertiary alicyclic amines) is 1. The summed E-state index contributed by atoms with van der Waals surface area (Å²) >= 11 is 0. The second-order valence-corrected chi connectivity index (χ2v) is 9.30. The molecular weight excluding hydrogens is 438 g/mol. The molecule has 3 heterocycles. The van der Waals surface area contributed by atoms with Crippen molar-refractivity contribution in [3.63, 3.8) is 0 Å². The van der Waals surface area contributed by atoms with Crippen LogP contribution in [0.5, 0.6) is 5.75 Å². The molecule has 0 saturated carbocycles. The third kappa shape index (κ3) is 4.11. The molecule has 2 aliphatic heterocycles. The lowest BCUT2D eigenvalue weighted by atomic mass is 9.80. The van der Waals surface area contributed by atoms with E-state index in [-0.39, 0.29) is 24.3 Å². The third-order valence-electron chi connectivity index (χ3n) is 6.95. The van der Waals surface area contributed by atoms with Gasteiger partial charge in [0, 0.05) is 37.4 Å². The normalized spacial score (nSPS) is 20.9. The van der Waals surface area contributed by atoms with Crippen LogP contribution in [0.4, 0.5) is 17.6 Å². The Balaban J connectivity index is 1.56. The molecule has 1 atom stereocenters. The Hall–Kier alpha value is -2.55. The predicted octanol–water partition coefficient (Wildman–Crippen LogP) is 4.90. The highest BCUT2D eigenvalue weighted by Gasteiger charge is 2.49. The Morgan fingerprint density at radius 3 is 2.39 bits per heavy atom. The molecule has 0 unspecified atom stereocenters. The largest absolute Gasteiger partial charge is 0.491 e. The number of benzene rings is 1. The SMILES string of the molecule is CC(C)Oc1ccc(C(=O)N2CCC3(CC2)c2ccc(C(F)(F)F)n2C[C@H](C)N3C)c(F)c1. The summed E-state index contributed by atoms with van der Waals surface area (Å²) in [5.74, 6) is -0.711. The van der Waals surface area contributed by atoms with Crippen LogP contribution in [-0.4, -0.2) is 52.6 Å². The Morgan fingerprint density at radius 2 is 1.82 bits per heavy atom. The minimum Gasteiger partial charge on any atom is -0.491 e. The predicted molar refractivity (Wildman–Crippen MR) is 116 cm³/mol. The minimum atomic E-state index is -4.42. The van der Waals surface area contributed by atoms with Crippen LogP contribution in [0.2, 0.25) is 0 Å². The van der Waals surface area contributed by atoms with Crippen molar-refractivity contribution in [2.75, 3.05) is 20.1 Å². The maximum absolute atomic E-state index is 14.6. The molecule has 2 aromatic rings. The van der Waals surface area contributed by atoms with Gasteiger partial charge in [0.15, 0.2) is 0 Å². The smallest absolute Gasteiger partial charge is 0.431 e. The second kappa shape index (κ2) is 8.34. The fourth-order valence-corrected chi connectivity index (χ4v) is 5.18. The summed E-state index contributed by atoms with van der Waals surface area (Å²) < 4.78 is 62.1. The Labute approximate surface area is 190 Å². The number of hydrogen-bond donors (Lipinski definition) is 0. The highest BCUT2D eigenvalue weighted by Crippen LogP contribution is 2.45. The van der Waals surface area contributed by atoms with Crippen molar-refractivity contribution < 1.29 is 27.1 Å². The second-order valence-electron chi connectivity index (χ2n) is 9.30. The summed E-state index contributed by atoms with van der Waals surface area (Å²) in [4.78, 5) is 16.7. The number of fused-ring (bicyclic) bond motifs is 2. The van der Waals surface area contributed by atoms with Gasteiger partial charge >= 0.3 is 6.18 Å². The molecule has 5 nitrogen and oxygen atoms in total. The number of likely N-dealkylation sites (N-methyl/N-ethyl adjacent to an activating group) is 1. The Bertz CT molecular complexity index is 1040. The summed E-state index contributed by atoms with van der Waals surface area (Å²) in [6.45, 7) is 6.49. The minimum absolute atomic E-state index is 0.0323. The van der Waals surface area contributed by atoms with Crippen molar-refractivity contribution in [3.05, 3.63) is 53.1 Å². The van der Waals surface area contributed by atoms with E-state index in [4.69, 9.17) is 4.74 Å². The van der Waals surface area contributed by atoms with E-state index in [0.717, 1.165) is 6.07 Å². The van der Waals surface area contributed by atoms with Gasteiger partial charge in [0.05, 0.1) is 17.2 Å². The number of nitrogens with zero attached hydrogens (tertiary/aromatic N) is 3. The first-order valence-corrected chi connectivity index (χ1v) is 11.2. The van der Waals surface area contributed by atoms with Crippen LogP contribution in [0.3, 0.4) is 0 Å². The maximum Gasteiger partial charge on any atom is 0.431 e. The van der Waals surface area contributed by atoms with Crippen LogP contribution in [0, 0.1) is 5.82 Å². The van der Waals surface area contributed by atoms with Crippen molar-refractivity contribution in [1.82, 2.24) is 14.4 Å². The fraction of sp³-hybridized carbons (Fsp3) is 0.542.